The third-order valence-electron chi connectivity index (χ3n) is 6.65. The second-order valence-corrected chi connectivity index (χ2v) is 8.33. The lowest BCUT2D eigenvalue weighted by Crippen LogP contribution is -2.54. The molecule has 148 valence electrons. The lowest BCUT2D eigenvalue weighted by atomic mass is 9.68. The quantitative estimate of drug-likeness (QED) is 0.866. The number of piperidine rings is 1. The Labute approximate surface area is 167 Å². The summed E-state index contributed by atoms with van der Waals surface area (Å²) in [6, 6.07) is 21.1. The predicted molar refractivity (Wildman–Crippen MR) is 109 cm³/mol. The van der Waals surface area contributed by atoms with Gasteiger partial charge in [0.2, 0.25) is 5.91 Å². The minimum Gasteiger partial charge on any atom is -0.396 e. The van der Waals surface area contributed by atoms with Gasteiger partial charge in [0.05, 0.1) is 6.61 Å². The highest BCUT2D eigenvalue weighted by molar-refractivity contribution is 5.78. The van der Waals surface area contributed by atoms with Gasteiger partial charge in [0.1, 0.15) is 0 Å². The van der Waals surface area contributed by atoms with Crippen molar-refractivity contribution in [2.45, 2.75) is 31.1 Å². The molecule has 2 aromatic rings. The van der Waals surface area contributed by atoms with Crippen molar-refractivity contribution >= 4 is 5.91 Å². The van der Waals surface area contributed by atoms with Crippen LogP contribution in [0.5, 0.6) is 0 Å². The number of likely N-dealkylation sites (tertiary alicyclic amines) is 1. The average Bonchev–Trinajstić information content (AvgIpc) is 2.77. The summed E-state index contributed by atoms with van der Waals surface area (Å²) in [5.41, 5.74) is 2.05. The second kappa shape index (κ2) is 8.06. The molecule has 0 aromatic heterocycles. The van der Waals surface area contributed by atoms with Crippen LogP contribution in [0.3, 0.4) is 0 Å². The number of hydrogen-bond donors (Lipinski definition) is 1. The summed E-state index contributed by atoms with van der Waals surface area (Å²) < 4.78 is 5.51. The molecule has 1 N–H and O–H groups in total. The molecule has 0 saturated carbocycles. The highest BCUT2D eigenvalue weighted by atomic mass is 16.5. The zero-order valence-corrected chi connectivity index (χ0v) is 16.3. The summed E-state index contributed by atoms with van der Waals surface area (Å²) >= 11 is 0. The van der Waals surface area contributed by atoms with E-state index in [1.807, 2.05) is 17.0 Å². The Morgan fingerprint density at radius 3 is 2.00 bits per heavy atom. The summed E-state index contributed by atoms with van der Waals surface area (Å²) in [4.78, 5) is 14.9. The van der Waals surface area contributed by atoms with Gasteiger partial charge in [-0.2, -0.15) is 0 Å². The number of benzene rings is 2. The summed E-state index contributed by atoms with van der Waals surface area (Å²) in [6.45, 7) is 2.68. The maximum absolute atomic E-state index is 12.9. The first-order valence-corrected chi connectivity index (χ1v) is 10.3. The van der Waals surface area contributed by atoms with E-state index in [0.717, 1.165) is 19.3 Å². The van der Waals surface area contributed by atoms with Crippen LogP contribution in [0.15, 0.2) is 60.7 Å². The molecule has 2 aliphatic heterocycles. The summed E-state index contributed by atoms with van der Waals surface area (Å²) in [7, 11) is 0. The minimum atomic E-state index is -0.246. The SMILES string of the molecule is O=C1CCC(c2ccccc2)(c2ccccc2)CN1CC1(CO)CCOCC1. The van der Waals surface area contributed by atoms with Gasteiger partial charge in [0.15, 0.2) is 0 Å². The Morgan fingerprint density at radius 2 is 1.46 bits per heavy atom. The predicted octanol–water partition coefficient (Wildman–Crippen LogP) is 3.38. The number of ether oxygens (including phenoxy) is 1. The zero-order valence-electron chi connectivity index (χ0n) is 16.3. The third kappa shape index (κ3) is 3.59. The average molecular weight is 380 g/mol. The number of nitrogens with zero attached hydrogens (tertiary/aromatic N) is 1. The van der Waals surface area contributed by atoms with Crippen LogP contribution < -0.4 is 0 Å². The largest absolute Gasteiger partial charge is 0.396 e. The van der Waals surface area contributed by atoms with Crippen LogP contribution in [0.2, 0.25) is 0 Å². The van der Waals surface area contributed by atoms with Crippen molar-refractivity contribution in [3.05, 3.63) is 71.8 Å². The van der Waals surface area contributed by atoms with Crippen molar-refractivity contribution in [3.8, 4) is 0 Å². The standard InChI is InChI=1S/C24H29NO3/c26-19-23(13-15-28-16-14-23)17-25-18-24(12-11-22(25)27,20-7-3-1-4-8-20)21-9-5-2-6-10-21/h1-10,26H,11-19H2. The van der Waals surface area contributed by atoms with Crippen molar-refractivity contribution in [2.24, 2.45) is 5.41 Å². The molecular weight excluding hydrogens is 350 g/mol. The molecule has 2 aromatic carbocycles. The minimum absolute atomic E-state index is 0.101. The molecule has 0 bridgehead atoms. The first-order valence-electron chi connectivity index (χ1n) is 10.3. The molecule has 2 heterocycles. The first-order chi connectivity index (χ1) is 13.7. The Bertz CT molecular complexity index is 745. The molecule has 2 aliphatic rings. The maximum Gasteiger partial charge on any atom is 0.222 e. The molecule has 4 heteroatoms. The van der Waals surface area contributed by atoms with Gasteiger partial charge >= 0.3 is 0 Å². The van der Waals surface area contributed by atoms with Gasteiger partial charge in [0.25, 0.3) is 0 Å². The number of hydrogen-bond acceptors (Lipinski definition) is 3. The summed E-state index contributed by atoms with van der Waals surface area (Å²) in [5.74, 6) is 0.196. The van der Waals surface area contributed by atoms with E-state index < -0.39 is 0 Å². The fourth-order valence-electron chi connectivity index (χ4n) is 4.84. The van der Waals surface area contributed by atoms with Gasteiger partial charge in [-0.15, -0.1) is 0 Å². The lowest BCUT2D eigenvalue weighted by Gasteiger charge is -2.47. The van der Waals surface area contributed by atoms with Crippen LogP contribution in [0.25, 0.3) is 0 Å². The lowest BCUT2D eigenvalue weighted by molar-refractivity contribution is -0.139. The molecule has 2 saturated heterocycles. The molecule has 0 spiro atoms. The molecule has 0 aliphatic carbocycles. The van der Waals surface area contributed by atoms with Crippen LogP contribution >= 0.6 is 0 Å². The van der Waals surface area contributed by atoms with E-state index in [1.54, 1.807) is 0 Å². The molecule has 2 fully saturated rings. The van der Waals surface area contributed by atoms with E-state index in [9.17, 15) is 9.90 Å². The number of carbonyl (C=O) groups is 1. The second-order valence-electron chi connectivity index (χ2n) is 8.33. The zero-order chi connectivity index (χ0) is 19.5. The normalized spacial score (nSPS) is 21.5. The monoisotopic (exact) mass is 379 g/mol. The third-order valence-corrected chi connectivity index (χ3v) is 6.65. The van der Waals surface area contributed by atoms with Crippen molar-refractivity contribution in [1.82, 2.24) is 4.90 Å². The molecular formula is C24H29NO3. The molecule has 0 unspecified atom stereocenters. The van der Waals surface area contributed by atoms with Gasteiger partial charge in [-0.1, -0.05) is 60.7 Å². The molecule has 0 radical (unpaired) electrons. The Hall–Kier alpha value is -2.17. The van der Waals surface area contributed by atoms with E-state index >= 15 is 0 Å². The molecule has 4 nitrogen and oxygen atoms in total. The van der Waals surface area contributed by atoms with Crippen LogP contribution in [0.1, 0.15) is 36.8 Å². The fourth-order valence-corrected chi connectivity index (χ4v) is 4.84. The van der Waals surface area contributed by atoms with Gasteiger partial charge in [-0.05, 0) is 30.4 Å². The highest BCUT2D eigenvalue weighted by Gasteiger charge is 2.44. The number of rotatable bonds is 5. The van der Waals surface area contributed by atoms with Crippen molar-refractivity contribution in [3.63, 3.8) is 0 Å². The van der Waals surface area contributed by atoms with Crippen LogP contribution in [0.4, 0.5) is 0 Å². The summed E-state index contributed by atoms with van der Waals surface area (Å²) in [5, 5.41) is 10.1. The van der Waals surface area contributed by atoms with Crippen LogP contribution in [-0.2, 0) is 14.9 Å². The van der Waals surface area contributed by atoms with Crippen molar-refractivity contribution in [2.75, 3.05) is 32.9 Å². The first kappa shape index (κ1) is 19.2. The Morgan fingerprint density at radius 1 is 0.893 bits per heavy atom. The van der Waals surface area contributed by atoms with Gasteiger partial charge in [0, 0.05) is 43.6 Å². The fraction of sp³-hybridized carbons (Fsp3) is 0.458. The Balaban J connectivity index is 1.69. The van der Waals surface area contributed by atoms with E-state index in [4.69, 9.17) is 4.74 Å². The number of amides is 1. The van der Waals surface area contributed by atoms with E-state index in [1.165, 1.54) is 11.1 Å². The smallest absolute Gasteiger partial charge is 0.222 e. The summed E-state index contributed by atoms with van der Waals surface area (Å²) in [6.07, 6.45) is 2.95. The number of aliphatic hydroxyl groups is 1. The van der Waals surface area contributed by atoms with Crippen molar-refractivity contribution < 1.29 is 14.6 Å². The van der Waals surface area contributed by atoms with Gasteiger partial charge < -0.3 is 14.7 Å². The topological polar surface area (TPSA) is 49.8 Å². The maximum atomic E-state index is 12.9. The molecule has 1 amide bonds. The highest BCUT2D eigenvalue weighted by Crippen LogP contribution is 2.42. The van der Waals surface area contributed by atoms with Crippen LogP contribution in [-0.4, -0.2) is 48.8 Å². The van der Waals surface area contributed by atoms with Crippen LogP contribution in [0, 0.1) is 5.41 Å². The molecule has 0 atom stereocenters. The molecule has 28 heavy (non-hydrogen) atoms. The number of aliphatic hydroxyl groups excluding tert-OH is 1. The van der Waals surface area contributed by atoms with Gasteiger partial charge in [-0.3, -0.25) is 4.79 Å². The van der Waals surface area contributed by atoms with E-state index in [-0.39, 0.29) is 23.3 Å². The Kier molecular flexibility index (Phi) is 5.51. The number of carbonyl (C=O) groups excluding carboxylic acids is 1. The van der Waals surface area contributed by atoms with Crippen molar-refractivity contribution in [1.29, 1.82) is 0 Å². The van der Waals surface area contributed by atoms with E-state index in [2.05, 4.69) is 48.5 Å². The molecule has 4 rings (SSSR count). The van der Waals surface area contributed by atoms with E-state index in [0.29, 0.717) is 32.7 Å². The van der Waals surface area contributed by atoms with Gasteiger partial charge in [-0.25, -0.2) is 0 Å².